The first kappa shape index (κ1) is 13.9. The number of rotatable bonds is 6. The second-order valence-corrected chi connectivity index (χ2v) is 4.72. The molecule has 1 fully saturated rings. The van der Waals surface area contributed by atoms with Crippen molar-refractivity contribution in [3.8, 4) is 0 Å². The van der Waals surface area contributed by atoms with Gasteiger partial charge in [0.25, 0.3) is 0 Å². The van der Waals surface area contributed by atoms with Crippen LogP contribution in [0.4, 0.5) is 0 Å². The molecule has 1 aliphatic rings. The summed E-state index contributed by atoms with van der Waals surface area (Å²) in [7, 11) is 1.62. The van der Waals surface area contributed by atoms with E-state index in [4.69, 9.17) is 4.74 Å². The van der Waals surface area contributed by atoms with Gasteiger partial charge >= 0.3 is 0 Å². The first-order valence-electron chi connectivity index (χ1n) is 6.31. The molecule has 0 spiro atoms. The second-order valence-electron chi connectivity index (χ2n) is 4.72. The second kappa shape index (κ2) is 7.22. The summed E-state index contributed by atoms with van der Waals surface area (Å²) in [5.41, 5.74) is 0. The Hall–Kier alpha value is -0.160. The molecule has 1 saturated heterocycles. The SMILES string of the molecule is CCN1CCC(NCC(O)COC)CC1C. The lowest BCUT2D eigenvalue weighted by molar-refractivity contribution is 0.0582. The van der Waals surface area contributed by atoms with E-state index in [0.29, 0.717) is 25.2 Å². The smallest absolute Gasteiger partial charge is 0.0897 e. The van der Waals surface area contributed by atoms with Gasteiger partial charge in [-0.2, -0.15) is 0 Å². The maximum absolute atomic E-state index is 9.55. The fourth-order valence-corrected chi connectivity index (χ4v) is 2.43. The van der Waals surface area contributed by atoms with Crippen LogP contribution in [0.1, 0.15) is 26.7 Å². The van der Waals surface area contributed by atoms with Crippen LogP contribution in [-0.4, -0.2) is 61.5 Å². The summed E-state index contributed by atoms with van der Waals surface area (Å²) in [6, 6.07) is 1.19. The minimum absolute atomic E-state index is 0.385. The molecule has 3 atom stereocenters. The molecular weight excluding hydrogens is 204 g/mol. The Morgan fingerprint density at radius 2 is 2.31 bits per heavy atom. The maximum atomic E-state index is 9.55. The van der Waals surface area contributed by atoms with Gasteiger partial charge in [-0.3, -0.25) is 0 Å². The normalized spacial score (nSPS) is 29.2. The molecule has 0 aromatic heterocycles. The van der Waals surface area contributed by atoms with E-state index in [1.165, 1.54) is 12.8 Å². The zero-order valence-corrected chi connectivity index (χ0v) is 10.8. The van der Waals surface area contributed by atoms with Gasteiger partial charge in [-0.25, -0.2) is 0 Å². The van der Waals surface area contributed by atoms with Crippen molar-refractivity contribution in [2.45, 2.75) is 44.9 Å². The van der Waals surface area contributed by atoms with Crippen LogP contribution in [-0.2, 0) is 4.74 Å². The Labute approximate surface area is 99.0 Å². The van der Waals surface area contributed by atoms with E-state index in [2.05, 4.69) is 24.1 Å². The number of ether oxygens (including phenoxy) is 1. The average Bonchev–Trinajstić information content (AvgIpc) is 2.27. The Kier molecular flexibility index (Phi) is 6.28. The van der Waals surface area contributed by atoms with E-state index in [0.717, 1.165) is 13.1 Å². The molecule has 0 bridgehead atoms. The van der Waals surface area contributed by atoms with Crippen LogP contribution >= 0.6 is 0 Å². The molecule has 0 aromatic carbocycles. The Balaban J connectivity index is 2.19. The van der Waals surface area contributed by atoms with Crippen molar-refractivity contribution in [2.24, 2.45) is 0 Å². The standard InChI is InChI=1S/C12H26N2O2/c1-4-14-6-5-11(7-10(14)2)13-8-12(15)9-16-3/h10-13,15H,4-9H2,1-3H3. The highest BCUT2D eigenvalue weighted by molar-refractivity contribution is 4.82. The summed E-state index contributed by atoms with van der Waals surface area (Å²) in [5, 5.41) is 13.0. The Bertz CT molecular complexity index is 190. The lowest BCUT2D eigenvalue weighted by atomic mass is 9.98. The third kappa shape index (κ3) is 4.37. The molecule has 4 heteroatoms. The van der Waals surface area contributed by atoms with Gasteiger partial charge in [-0.15, -0.1) is 0 Å². The molecule has 1 heterocycles. The van der Waals surface area contributed by atoms with Gasteiger partial charge in [0.15, 0.2) is 0 Å². The third-order valence-electron chi connectivity index (χ3n) is 3.42. The molecule has 4 nitrogen and oxygen atoms in total. The first-order valence-corrected chi connectivity index (χ1v) is 6.31. The maximum Gasteiger partial charge on any atom is 0.0897 e. The molecule has 16 heavy (non-hydrogen) atoms. The summed E-state index contributed by atoms with van der Waals surface area (Å²) in [6.45, 7) is 7.85. The van der Waals surface area contributed by atoms with Crippen LogP contribution in [0.5, 0.6) is 0 Å². The van der Waals surface area contributed by atoms with Crippen molar-refractivity contribution in [3.05, 3.63) is 0 Å². The predicted octanol–water partition coefficient (Wildman–Crippen LogP) is 0.456. The first-order chi connectivity index (χ1) is 7.67. The van der Waals surface area contributed by atoms with Gasteiger partial charge < -0.3 is 20.1 Å². The van der Waals surface area contributed by atoms with Crippen LogP contribution in [0.3, 0.4) is 0 Å². The molecule has 2 N–H and O–H groups in total. The number of methoxy groups -OCH3 is 1. The minimum atomic E-state index is -0.385. The van der Waals surface area contributed by atoms with Crippen LogP contribution in [0.25, 0.3) is 0 Å². The quantitative estimate of drug-likeness (QED) is 0.696. The fourth-order valence-electron chi connectivity index (χ4n) is 2.43. The fraction of sp³-hybridized carbons (Fsp3) is 1.00. The van der Waals surface area contributed by atoms with Crippen LogP contribution in [0.15, 0.2) is 0 Å². The number of nitrogens with one attached hydrogen (secondary N) is 1. The molecule has 0 aliphatic carbocycles. The highest BCUT2D eigenvalue weighted by Crippen LogP contribution is 2.16. The molecular formula is C12H26N2O2. The van der Waals surface area contributed by atoms with Gasteiger partial charge in [0.2, 0.25) is 0 Å². The van der Waals surface area contributed by atoms with Gasteiger partial charge in [-0.1, -0.05) is 6.92 Å². The van der Waals surface area contributed by atoms with E-state index >= 15 is 0 Å². The average molecular weight is 230 g/mol. The monoisotopic (exact) mass is 230 g/mol. The van der Waals surface area contributed by atoms with Crippen molar-refractivity contribution >= 4 is 0 Å². The van der Waals surface area contributed by atoms with Crippen LogP contribution in [0, 0.1) is 0 Å². The van der Waals surface area contributed by atoms with E-state index in [-0.39, 0.29) is 6.10 Å². The minimum Gasteiger partial charge on any atom is -0.389 e. The molecule has 1 rings (SSSR count). The molecule has 0 aromatic rings. The van der Waals surface area contributed by atoms with Crippen molar-refractivity contribution < 1.29 is 9.84 Å². The van der Waals surface area contributed by atoms with Crippen molar-refractivity contribution in [1.82, 2.24) is 10.2 Å². The van der Waals surface area contributed by atoms with E-state index in [9.17, 15) is 5.11 Å². The summed E-state index contributed by atoms with van der Waals surface area (Å²) in [5.74, 6) is 0. The number of hydrogen-bond donors (Lipinski definition) is 2. The van der Waals surface area contributed by atoms with Crippen molar-refractivity contribution in [3.63, 3.8) is 0 Å². The van der Waals surface area contributed by atoms with Gasteiger partial charge in [0.1, 0.15) is 0 Å². The highest BCUT2D eigenvalue weighted by Gasteiger charge is 2.24. The number of hydrogen-bond acceptors (Lipinski definition) is 4. The molecule has 1 aliphatic heterocycles. The Morgan fingerprint density at radius 1 is 1.56 bits per heavy atom. The largest absolute Gasteiger partial charge is 0.389 e. The van der Waals surface area contributed by atoms with E-state index in [1.54, 1.807) is 7.11 Å². The summed E-state index contributed by atoms with van der Waals surface area (Å²) in [6.07, 6.45) is 1.97. The van der Waals surface area contributed by atoms with Crippen LogP contribution < -0.4 is 5.32 Å². The van der Waals surface area contributed by atoms with E-state index < -0.39 is 0 Å². The topological polar surface area (TPSA) is 44.7 Å². The summed E-state index contributed by atoms with van der Waals surface area (Å²) in [4.78, 5) is 2.50. The highest BCUT2D eigenvalue weighted by atomic mass is 16.5. The summed E-state index contributed by atoms with van der Waals surface area (Å²) < 4.78 is 4.90. The molecule has 0 amide bonds. The van der Waals surface area contributed by atoms with E-state index in [1.807, 2.05) is 0 Å². The van der Waals surface area contributed by atoms with Crippen molar-refractivity contribution in [1.29, 1.82) is 0 Å². The predicted molar refractivity (Wildman–Crippen MR) is 65.6 cm³/mol. The number of nitrogens with zero attached hydrogens (tertiary/aromatic N) is 1. The van der Waals surface area contributed by atoms with Gasteiger partial charge in [-0.05, 0) is 32.9 Å². The lowest BCUT2D eigenvalue weighted by Gasteiger charge is -2.37. The van der Waals surface area contributed by atoms with Gasteiger partial charge in [0.05, 0.1) is 12.7 Å². The van der Waals surface area contributed by atoms with Crippen LogP contribution in [0.2, 0.25) is 0 Å². The number of aliphatic hydroxyl groups excluding tert-OH is 1. The zero-order chi connectivity index (χ0) is 12.0. The third-order valence-corrected chi connectivity index (χ3v) is 3.42. The molecule has 3 unspecified atom stereocenters. The zero-order valence-electron chi connectivity index (χ0n) is 10.8. The summed E-state index contributed by atoms with van der Waals surface area (Å²) >= 11 is 0. The van der Waals surface area contributed by atoms with Gasteiger partial charge in [0, 0.05) is 25.7 Å². The molecule has 0 saturated carbocycles. The molecule has 0 radical (unpaired) electrons. The number of piperidine rings is 1. The molecule has 96 valence electrons. The van der Waals surface area contributed by atoms with Crippen molar-refractivity contribution in [2.75, 3.05) is 33.4 Å². The number of likely N-dealkylation sites (tertiary alicyclic amines) is 1. The lowest BCUT2D eigenvalue weighted by Crippen LogP contribution is -2.48. The number of aliphatic hydroxyl groups is 1. The Morgan fingerprint density at radius 3 is 2.88 bits per heavy atom.